The van der Waals surface area contributed by atoms with E-state index in [4.69, 9.17) is 4.42 Å². The molecule has 12 heteroatoms. The van der Waals surface area contributed by atoms with E-state index < -0.39 is 16.2 Å². The maximum Gasteiger partial charge on any atom is 0.234 e. The molecule has 0 unspecified atom stereocenters. The van der Waals surface area contributed by atoms with Gasteiger partial charge in [-0.25, -0.2) is 9.97 Å². The van der Waals surface area contributed by atoms with Crippen molar-refractivity contribution in [3.63, 3.8) is 0 Å². The van der Waals surface area contributed by atoms with Crippen LogP contribution in [-0.4, -0.2) is 42.0 Å². The van der Waals surface area contributed by atoms with E-state index in [1.807, 2.05) is 139 Å². The van der Waals surface area contributed by atoms with Crippen LogP contribution in [0.15, 0.2) is 83.8 Å². The molecule has 0 fully saturated rings. The predicted molar refractivity (Wildman–Crippen MR) is 218 cm³/mol. The first-order valence-electron chi connectivity index (χ1n) is 18.7. The summed E-state index contributed by atoms with van der Waals surface area (Å²) in [5.41, 5.74) is 10.5. The largest absolute Gasteiger partial charge is 0.441 e. The van der Waals surface area contributed by atoms with Crippen LogP contribution in [0.5, 0.6) is 0 Å². The van der Waals surface area contributed by atoms with Crippen LogP contribution in [0.4, 0.5) is 17.1 Å². The smallest absolute Gasteiger partial charge is 0.234 e. The number of fused-ring (bicyclic) bond motifs is 3. The second-order valence-corrected chi connectivity index (χ2v) is 16.2. The molecule has 3 aromatic heterocycles. The van der Waals surface area contributed by atoms with Gasteiger partial charge in [0.05, 0.1) is 45.9 Å². The molecule has 3 aliphatic rings. The van der Waals surface area contributed by atoms with E-state index in [1.54, 1.807) is 6.20 Å². The first-order valence-corrected chi connectivity index (χ1v) is 18.7. The summed E-state index contributed by atoms with van der Waals surface area (Å²) < 4.78 is 9.33. The van der Waals surface area contributed by atoms with E-state index in [9.17, 15) is 14.4 Å². The van der Waals surface area contributed by atoms with Gasteiger partial charge >= 0.3 is 0 Å². The highest BCUT2D eigenvalue weighted by Gasteiger charge is 2.40. The zero-order valence-corrected chi connectivity index (χ0v) is 33.6. The van der Waals surface area contributed by atoms with Gasteiger partial charge in [0.1, 0.15) is 0 Å². The molecule has 9 rings (SSSR count). The molecular formula is C44H48N8O4. The molecule has 288 valence electrons. The SMILES string of the molecule is CCc1cn(-c2ccc3c(c2)NC(=O)C3(C)C)cn1.Cc1cc(-c2ccc3c(c2)NC(=O)C3(C)C)n(C)n1.Cc1ncc(-c2ccc3c(c2)NC(=O)C3(C)C)o1. The Balaban J connectivity index is 0.000000129. The van der Waals surface area contributed by atoms with Gasteiger partial charge in [0.2, 0.25) is 17.7 Å². The Morgan fingerprint density at radius 1 is 0.679 bits per heavy atom. The van der Waals surface area contributed by atoms with Gasteiger partial charge in [-0.1, -0.05) is 37.3 Å². The van der Waals surface area contributed by atoms with Crippen LogP contribution in [0.1, 0.15) is 82.4 Å². The summed E-state index contributed by atoms with van der Waals surface area (Å²) in [7, 11) is 1.93. The number of imidazole rings is 1. The third-order valence-electron chi connectivity index (χ3n) is 11.0. The Bertz CT molecular complexity index is 2530. The standard InChI is InChI=1S/2C15H17N3O.C14H14N2O2/c1-9-7-13(18(4)17-9)10-5-6-11-12(8-10)16-14(19)15(11,2)3;1-4-10-8-18(9-16-10)11-5-6-12-13(7-11)17-14(19)15(12,2)3;1-8-15-7-12(18-8)9-4-5-10-11(6-9)16-13(17)14(10,2)3/h5-8H,1-4H3,(H,16,19);5-9H,4H2,1-3H3,(H,17,19);4-7H,1-3H3,(H,16,17). The summed E-state index contributed by atoms with van der Waals surface area (Å²) in [5, 5.41) is 13.2. The van der Waals surface area contributed by atoms with Gasteiger partial charge in [-0.15, -0.1) is 0 Å². The molecule has 3 aliphatic heterocycles. The molecule has 6 aromatic rings. The molecule has 3 N–H and O–H groups in total. The van der Waals surface area contributed by atoms with E-state index in [0.29, 0.717) is 11.7 Å². The molecule has 0 saturated carbocycles. The molecule has 3 amide bonds. The molecule has 0 spiro atoms. The van der Waals surface area contributed by atoms with Crippen LogP contribution in [0.25, 0.3) is 28.3 Å². The molecule has 0 saturated heterocycles. The predicted octanol–water partition coefficient (Wildman–Crippen LogP) is 8.17. The lowest BCUT2D eigenvalue weighted by molar-refractivity contribution is -0.120. The third-order valence-corrected chi connectivity index (χ3v) is 11.0. The Kier molecular flexibility index (Phi) is 9.34. The minimum Gasteiger partial charge on any atom is -0.441 e. The van der Waals surface area contributed by atoms with Gasteiger partial charge in [0, 0.05) is 54.0 Å². The number of oxazole rings is 1. The number of rotatable bonds is 4. The minimum absolute atomic E-state index is 0.0309. The zero-order chi connectivity index (χ0) is 40.3. The highest BCUT2D eigenvalue weighted by atomic mass is 16.4. The Morgan fingerprint density at radius 2 is 1.20 bits per heavy atom. The van der Waals surface area contributed by atoms with Crippen molar-refractivity contribution in [2.75, 3.05) is 16.0 Å². The third kappa shape index (κ3) is 6.69. The molecular weight excluding hydrogens is 705 g/mol. The molecule has 3 aromatic carbocycles. The second kappa shape index (κ2) is 13.8. The summed E-state index contributed by atoms with van der Waals surface area (Å²) in [5.74, 6) is 1.49. The van der Waals surface area contributed by atoms with E-state index in [0.717, 1.165) is 74.1 Å². The zero-order valence-electron chi connectivity index (χ0n) is 33.6. The van der Waals surface area contributed by atoms with Crippen LogP contribution in [-0.2, 0) is 44.1 Å². The average molecular weight is 753 g/mol. The second-order valence-electron chi connectivity index (χ2n) is 16.2. The average Bonchev–Trinajstić information content (AvgIpc) is 3.99. The number of aryl methyl sites for hydroxylation is 4. The number of nitrogens with one attached hydrogen (secondary N) is 3. The number of carbonyl (C=O) groups is 3. The van der Waals surface area contributed by atoms with Crippen molar-refractivity contribution in [1.82, 2.24) is 24.3 Å². The summed E-state index contributed by atoms with van der Waals surface area (Å²) in [6.45, 7) is 17.5. The molecule has 0 atom stereocenters. The van der Waals surface area contributed by atoms with Gasteiger partial charge in [-0.05, 0) is 102 Å². The molecule has 0 bridgehead atoms. The maximum atomic E-state index is 11.9. The van der Waals surface area contributed by atoms with Crippen LogP contribution in [0, 0.1) is 13.8 Å². The van der Waals surface area contributed by atoms with Crippen LogP contribution < -0.4 is 16.0 Å². The lowest BCUT2D eigenvalue weighted by Crippen LogP contribution is -2.26. The van der Waals surface area contributed by atoms with Crippen molar-refractivity contribution in [1.29, 1.82) is 0 Å². The number of hydrogen-bond acceptors (Lipinski definition) is 7. The van der Waals surface area contributed by atoms with Gasteiger partial charge in [0.15, 0.2) is 11.7 Å². The fourth-order valence-electron chi connectivity index (χ4n) is 7.30. The van der Waals surface area contributed by atoms with Crippen molar-refractivity contribution in [3.05, 3.63) is 113 Å². The Labute approximate surface area is 326 Å². The molecule has 0 aliphatic carbocycles. The van der Waals surface area contributed by atoms with E-state index in [2.05, 4.69) is 44.0 Å². The van der Waals surface area contributed by atoms with Gasteiger partial charge < -0.3 is 24.9 Å². The number of aromatic nitrogens is 5. The number of carbonyl (C=O) groups excluding carboxylic acids is 3. The fraction of sp³-hybridized carbons (Fsp3) is 0.318. The molecule has 56 heavy (non-hydrogen) atoms. The highest BCUT2D eigenvalue weighted by molar-refractivity contribution is 6.07. The van der Waals surface area contributed by atoms with E-state index >= 15 is 0 Å². The van der Waals surface area contributed by atoms with Crippen LogP contribution in [0.2, 0.25) is 0 Å². The van der Waals surface area contributed by atoms with Gasteiger partial charge in [-0.2, -0.15) is 5.10 Å². The van der Waals surface area contributed by atoms with Crippen molar-refractivity contribution in [3.8, 4) is 28.3 Å². The number of hydrogen-bond donors (Lipinski definition) is 3. The Hall–Kier alpha value is -6.30. The molecule has 6 heterocycles. The number of anilines is 3. The minimum atomic E-state index is -0.467. The van der Waals surface area contributed by atoms with Gasteiger partial charge in [-0.3, -0.25) is 19.1 Å². The van der Waals surface area contributed by atoms with E-state index in [1.165, 1.54) is 0 Å². The number of nitrogens with zero attached hydrogens (tertiary/aromatic N) is 5. The molecule has 12 nitrogen and oxygen atoms in total. The van der Waals surface area contributed by atoms with E-state index in [-0.39, 0.29) is 17.7 Å². The van der Waals surface area contributed by atoms with Crippen molar-refractivity contribution in [2.24, 2.45) is 7.05 Å². The summed E-state index contributed by atoms with van der Waals surface area (Å²) >= 11 is 0. The van der Waals surface area contributed by atoms with Crippen LogP contribution in [0.3, 0.4) is 0 Å². The quantitative estimate of drug-likeness (QED) is 0.165. The van der Waals surface area contributed by atoms with Crippen molar-refractivity contribution < 1.29 is 18.8 Å². The molecule has 0 radical (unpaired) electrons. The normalized spacial score (nSPS) is 16.4. The first kappa shape index (κ1) is 38.0. The van der Waals surface area contributed by atoms with Crippen molar-refractivity contribution in [2.45, 2.75) is 85.0 Å². The Morgan fingerprint density at radius 3 is 1.68 bits per heavy atom. The number of benzene rings is 3. The summed E-state index contributed by atoms with van der Waals surface area (Å²) in [4.78, 5) is 44.1. The maximum absolute atomic E-state index is 11.9. The monoisotopic (exact) mass is 752 g/mol. The summed E-state index contributed by atoms with van der Waals surface area (Å²) in [6.07, 6.45) is 6.44. The van der Waals surface area contributed by atoms with Crippen LogP contribution >= 0.6 is 0 Å². The number of amides is 3. The topological polar surface area (TPSA) is 149 Å². The first-order chi connectivity index (χ1) is 26.4. The summed E-state index contributed by atoms with van der Waals surface area (Å²) in [6, 6.07) is 20.1. The lowest BCUT2D eigenvalue weighted by Gasteiger charge is -2.15. The fourth-order valence-corrected chi connectivity index (χ4v) is 7.30. The van der Waals surface area contributed by atoms with Gasteiger partial charge in [0.25, 0.3) is 0 Å². The van der Waals surface area contributed by atoms with Crippen molar-refractivity contribution >= 4 is 34.8 Å². The lowest BCUT2D eigenvalue weighted by atomic mass is 9.86. The highest BCUT2D eigenvalue weighted by Crippen LogP contribution is 2.41.